The van der Waals surface area contributed by atoms with Crippen molar-refractivity contribution < 1.29 is 5.11 Å². The van der Waals surface area contributed by atoms with E-state index in [0.29, 0.717) is 18.7 Å². The van der Waals surface area contributed by atoms with Crippen LogP contribution in [0, 0.1) is 5.41 Å². The molecule has 94 valence electrons. The lowest BCUT2D eigenvalue weighted by atomic mass is 9.71. The van der Waals surface area contributed by atoms with E-state index in [1.165, 1.54) is 51.4 Å². The van der Waals surface area contributed by atoms with Crippen molar-refractivity contribution in [1.29, 1.82) is 0 Å². The molecule has 2 heteroatoms. The zero-order valence-corrected chi connectivity index (χ0v) is 10.7. The Labute approximate surface area is 99.8 Å². The Hall–Kier alpha value is -0.0800. The molecule has 0 bridgehead atoms. The van der Waals surface area contributed by atoms with Crippen molar-refractivity contribution in [2.75, 3.05) is 6.61 Å². The highest BCUT2D eigenvalue weighted by Crippen LogP contribution is 2.48. The maximum atomic E-state index is 8.89. The van der Waals surface area contributed by atoms with Gasteiger partial charge in [-0.05, 0) is 57.3 Å². The molecule has 2 fully saturated rings. The largest absolute Gasteiger partial charge is 0.396 e. The fourth-order valence-electron chi connectivity index (χ4n) is 3.70. The van der Waals surface area contributed by atoms with Crippen LogP contribution >= 0.6 is 0 Å². The first-order valence-electron chi connectivity index (χ1n) is 7.11. The summed E-state index contributed by atoms with van der Waals surface area (Å²) in [4.78, 5) is 0. The molecule has 0 aliphatic heterocycles. The highest BCUT2D eigenvalue weighted by Gasteiger charge is 2.37. The second kappa shape index (κ2) is 5.50. The van der Waals surface area contributed by atoms with Gasteiger partial charge in [0.2, 0.25) is 0 Å². The first-order valence-corrected chi connectivity index (χ1v) is 7.11. The van der Waals surface area contributed by atoms with Gasteiger partial charge >= 0.3 is 0 Å². The topological polar surface area (TPSA) is 32.3 Å². The molecule has 1 spiro atoms. The molecule has 1 unspecified atom stereocenters. The van der Waals surface area contributed by atoms with E-state index in [1.807, 2.05) is 0 Å². The molecule has 0 aromatic carbocycles. The Bertz CT molecular complexity index is 201. The van der Waals surface area contributed by atoms with Gasteiger partial charge in [-0.1, -0.05) is 12.8 Å². The van der Waals surface area contributed by atoms with Gasteiger partial charge in [-0.25, -0.2) is 0 Å². The van der Waals surface area contributed by atoms with E-state index in [9.17, 15) is 0 Å². The van der Waals surface area contributed by atoms with Gasteiger partial charge in [-0.2, -0.15) is 0 Å². The van der Waals surface area contributed by atoms with E-state index < -0.39 is 0 Å². The van der Waals surface area contributed by atoms with Gasteiger partial charge in [0.15, 0.2) is 0 Å². The van der Waals surface area contributed by atoms with Crippen LogP contribution in [0.3, 0.4) is 0 Å². The van der Waals surface area contributed by atoms with Crippen LogP contribution in [0.2, 0.25) is 0 Å². The van der Waals surface area contributed by atoms with E-state index >= 15 is 0 Å². The maximum absolute atomic E-state index is 8.89. The molecule has 2 rings (SSSR count). The molecule has 1 atom stereocenters. The minimum absolute atomic E-state index is 0.310. The number of nitrogens with one attached hydrogen (secondary N) is 1. The van der Waals surface area contributed by atoms with Gasteiger partial charge in [0.05, 0.1) is 0 Å². The average Bonchev–Trinajstić information content (AvgIpc) is 2.71. The molecule has 0 radical (unpaired) electrons. The Balaban J connectivity index is 1.72. The maximum Gasteiger partial charge on any atom is 0.0445 e. The fourth-order valence-corrected chi connectivity index (χ4v) is 3.70. The summed E-state index contributed by atoms with van der Waals surface area (Å²) in [6, 6.07) is 1.19. The van der Waals surface area contributed by atoms with E-state index in [1.54, 1.807) is 0 Å². The lowest BCUT2D eigenvalue weighted by Gasteiger charge is -2.38. The third kappa shape index (κ3) is 2.98. The molecule has 0 heterocycles. The lowest BCUT2D eigenvalue weighted by Crippen LogP contribution is -2.41. The summed E-state index contributed by atoms with van der Waals surface area (Å²) in [5, 5.41) is 12.6. The van der Waals surface area contributed by atoms with Crippen LogP contribution in [0.15, 0.2) is 0 Å². The predicted molar refractivity (Wildman–Crippen MR) is 67.5 cm³/mol. The average molecular weight is 225 g/mol. The first kappa shape index (κ1) is 12.4. The van der Waals surface area contributed by atoms with Gasteiger partial charge in [-0.3, -0.25) is 0 Å². The number of aliphatic hydroxyl groups excluding tert-OH is 1. The minimum atomic E-state index is 0.310. The molecule has 0 saturated heterocycles. The molecule has 2 saturated carbocycles. The van der Waals surface area contributed by atoms with Crippen molar-refractivity contribution in [3.63, 3.8) is 0 Å². The Morgan fingerprint density at radius 2 is 1.81 bits per heavy atom. The van der Waals surface area contributed by atoms with E-state index in [0.717, 1.165) is 11.8 Å². The van der Waals surface area contributed by atoms with Gasteiger partial charge in [0, 0.05) is 18.7 Å². The third-order valence-corrected chi connectivity index (χ3v) is 4.79. The molecule has 0 aromatic rings. The summed E-state index contributed by atoms with van der Waals surface area (Å²) in [5.74, 6) is 0. The Morgan fingerprint density at radius 3 is 2.38 bits per heavy atom. The van der Waals surface area contributed by atoms with Crippen molar-refractivity contribution in [2.45, 2.75) is 76.8 Å². The van der Waals surface area contributed by atoms with Crippen LogP contribution in [0.1, 0.15) is 64.7 Å². The van der Waals surface area contributed by atoms with Gasteiger partial charge in [-0.15, -0.1) is 0 Å². The number of hydrogen-bond acceptors (Lipinski definition) is 2. The molecule has 2 nitrogen and oxygen atoms in total. The monoisotopic (exact) mass is 225 g/mol. The van der Waals surface area contributed by atoms with Gasteiger partial charge < -0.3 is 10.4 Å². The van der Waals surface area contributed by atoms with E-state index in [4.69, 9.17) is 5.11 Å². The van der Waals surface area contributed by atoms with Crippen LogP contribution in [0.25, 0.3) is 0 Å². The quantitative estimate of drug-likeness (QED) is 0.771. The first-order chi connectivity index (χ1) is 7.74. The Morgan fingerprint density at radius 1 is 1.19 bits per heavy atom. The summed E-state index contributed by atoms with van der Waals surface area (Å²) in [6.07, 6.45) is 12.4. The highest BCUT2D eigenvalue weighted by molar-refractivity contribution is 4.91. The van der Waals surface area contributed by atoms with E-state index in [2.05, 4.69) is 12.2 Å². The number of hydrogen-bond donors (Lipinski definition) is 2. The standard InChI is InChI=1S/C14H27NO/c1-12(6-11-16)15-13-4-9-14(10-5-13)7-2-3-8-14/h12-13,15-16H,2-11H2,1H3. The summed E-state index contributed by atoms with van der Waals surface area (Å²) >= 11 is 0. The smallest absolute Gasteiger partial charge is 0.0445 e. The zero-order valence-electron chi connectivity index (χ0n) is 10.7. The summed E-state index contributed by atoms with van der Waals surface area (Å²) < 4.78 is 0. The van der Waals surface area contributed by atoms with Crippen LogP contribution in [-0.2, 0) is 0 Å². The van der Waals surface area contributed by atoms with Gasteiger partial charge in [0.25, 0.3) is 0 Å². The Kier molecular flexibility index (Phi) is 4.26. The minimum Gasteiger partial charge on any atom is -0.396 e. The molecule has 2 aliphatic carbocycles. The molecular weight excluding hydrogens is 198 g/mol. The van der Waals surface area contributed by atoms with Crippen molar-refractivity contribution >= 4 is 0 Å². The summed E-state index contributed by atoms with van der Waals surface area (Å²) in [6.45, 7) is 2.50. The number of rotatable bonds is 4. The summed E-state index contributed by atoms with van der Waals surface area (Å²) in [7, 11) is 0. The lowest BCUT2D eigenvalue weighted by molar-refractivity contribution is 0.159. The van der Waals surface area contributed by atoms with Crippen molar-refractivity contribution in [2.24, 2.45) is 5.41 Å². The molecule has 0 aromatic heterocycles. The fraction of sp³-hybridized carbons (Fsp3) is 1.00. The SMILES string of the molecule is CC(CCO)NC1CCC2(CCCC2)CC1. The highest BCUT2D eigenvalue weighted by atomic mass is 16.3. The predicted octanol–water partition coefficient (Wildman–Crippen LogP) is 2.85. The normalized spacial score (nSPS) is 27.4. The van der Waals surface area contributed by atoms with E-state index in [-0.39, 0.29) is 0 Å². The van der Waals surface area contributed by atoms with Crippen molar-refractivity contribution in [3.8, 4) is 0 Å². The van der Waals surface area contributed by atoms with Gasteiger partial charge in [0.1, 0.15) is 0 Å². The number of aliphatic hydroxyl groups is 1. The molecule has 0 amide bonds. The molecule has 2 aliphatic rings. The van der Waals surface area contributed by atoms with Crippen LogP contribution in [0.4, 0.5) is 0 Å². The zero-order chi connectivity index (χ0) is 11.4. The van der Waals surface area contributed by atoms with Crippen LogP contribution < -0.4 is 5.32 Å². The second-order valence-corrected chi connectivity index (χ2v) is 6.06. The third-order valence-electron chi connectivity index (χ3n) is 4.79. The van der Waals surface area contributed by atoms with Crippen LogP contribution in [-0.4, -0.2) is 23.8 Å². The molecule has 16 heavy (non-hydrogen) atoms. The molecular formula is C14H27NO. The molecule has 2 N–H and O–H groups in total. The second-order valence-electron chi connectivity index (χ2n) is 6.06. The van der Waals surface area contributed by atoms with Crippen LogP contribution in [0.5, 0.6) is 0 Å². The van der Waals surface area contributed by atoms with Crippen molar-refractivity contribution in [1.82, 2.24) is 5.32 Å². The summed E-state index contributed by atoms with van der Waals surface area (Å²) in [5.41, 5.74) is 0.748. The van der Waals surface area contributed by atoms with Crippen molar-refractivity contribution in [3.05, 3.63) is 0 Å².